The van der Waals surface area contributed by atoms with Gasteiger partial charge in [-0.3, -0.25) is 4.79 Å². The Bertz CT molecular complexity index is 937. The fraction of sp³-hybridized carbons (Fsp3) is 0.357. The van der Waals surface area contributed by atoms with Gasteiger partial charge in [-0.2, -0.15) is 4.37 Å². The standard InChI is InChI=1S/C14H12F2N6OS/c1-7-9-4-8(5-17-13(9)24-20-7)14(23)21-2-3-22-10(6-21)18-19-12(22)11(15)16/h4-5,11H,2-3,6H2,1H3. The predicted octanol–water partition coefficient (Wildman–Crippen LogP) is 2.18. The second kappa shape index (κ2) is 5.55. The maximum absolute atomic E-state index is 12.8. The van der Waals surface area contributed by atoms with E-state index in [1.54, 1.807) is 11.0 Å². The summed E-state index contributed by atoms with van der Waals surface area (Å²) in [5, 5.41) is 8.14. The summed E-state index contributed by atoms with van der Waals surface area (Å²) in [6.45, 7) is 2.59. The highest BCUT2D eigenvalue weighted by Crippen LogP contribution is 2.24. The molecule has 7 nitrogen and oxygen atoms in total. The Kier molecular flexibility index (Phi) is 3.48. The van der Waals surface area contributed by atoms with E-state index in [-0.39, 0.29) is 24.8 Å². The lowest BCUT2D eigenvalue weighted by Gasteiger charge is -2.27. The van der Waals surface area contributed by atoms with E-state index in [1.807, 2.05) is 6.92 Å². The lowest BCUT2D eigenvalue weighted by Crippen LogP contribution is -2.38. The topological polar surface area (TPSA) is 76.8 Å². The summed E-state index contributed by atoms with van der Waals surface area (Å²) in [5.41, 5.74) is 1.28. The minimum absolute atomic E-state index is 0.150. The number of fused-ring (bicyclic) bond motifs is 2. The van der Waals surface area contributed by atoms with Gasteiger partial charge < -0.3 is 9.47 Å². The fourth-order valence-corrected chi connectivity index (χ4v) is 3.49. The van der Waals surface area contributed by atoms with Gasteiger partial charge in [0.05, 0.1) is 17.8 Å². The minimum Gasteiger partial charge on any atom is -0.329 e. The highest BCUT2D eigenvalue weighted by atomic mass is 32.1. The number of hydrogen-bond acceptors (Lipinski definition) is 6. The molecule has 0 aliphatic carbocycles. The van der Waals surface area contributed by atoms with E-state index in [9.17, 15) is 13.6 Å². The molecule has 0 unspecified atom stereocenters. The predicted molar refractivity (Wildman–Crippen MR) is 81.9 cm³/mol. The van der Waals surface area contributed by atoms with Crippen LogP contribution in [0, 0.1) is 6.92 Å². The number of rotatable bonds is 2. The van der Waals surface area contributed by atoms with Gasteiger partial charge in [0.15, 0.2) is 11.6 Å². The molecule has 124 valence electrons. The van der Waals surface area contributed by atoms with Crippen LogP contribution in [0.5, 0.6) is 0 Å². The molecule has 4 rings (SSSR count). The van der Waals surface area contributed by atoms with Crippen molar-refractivity contribution in [1.82, 2.24) is 29.0 Å². The van der Waals surface area contributed by atoms with Crippen LogP contribution in [0.1, 0.15) is 34.1 Å². The van der Waals surface area contributed by atoms with E-state index in [4.69, 9.17) is 0 Å². The minimum atomic E-state index is -2.67. The maximum Gasteiger partial charge on any atom is 0.297 e. The van der Waals surface area contributed by atoms with Gasteiger partial charge in [0, 0.05) is 24.7 Å². The number of carbonyl (C=O) groups is 1. The first-order valence-corrected chi connectivity index (χ1v) is 8.03. The van der Waals surface area contributed by atoms with Crippen molar-refractivity contribution < 1.29 is 13.6 Å². The molecule has 0 atom stereocenters. The van der Waals surface area contributed by atoms with Crippen molar-refractivity contribution in [3.63, 3.8) is 0 Å². The first kappa shape index (κ1) is 15.1. The average Bonchev–Trinajstić information content (AvgIpc) is 3.17. The molecule has 0 N–H and O–H groups in total. The highest BCUT2D eigenvalue weighted by Gasteiger charge is 2.28. The molecule has 0 radical (unpaired) electrons. The third-order valence-electron chi connectivity index (χ3n) is 4.02. The van der Waals surface area contributed by atoms with Gasteiger partial charge >= 0.3 is 0 Å². The van der Waals surface area contributed by atoms with Crippen LogP contribution in [0.4, 0.5) is 8.78 Å². The molecule has 1 aliphatic heterocycles. The summed E-state index contributed by atoms with van der Waals surface area (Å²) in [6, 6.07) is 1.77. The summed E-state index contributed by atoms with van der Waals surface area (Å²) in [4.78, 5) is 19.3. The van der Waals surface area contributed by atoms with Crippen LogP contribution in [0.25, 0.3) is 10.2 Å². The van der Waals surface area contributed by atoms with Crippen molar-refractivity contribution >= 4 is 27.7 Å². The molecule has 3 aromatic heterocycles. The molecule has 0 spiro atoms. The maximum atomic E-state index is 12.8. The van der Waals surface area contributed by atoms with E-state index < -0.39 is 6.43 Å². The van der Waals surface area contributed by atoms with E-state index in [0.717, 1.165) is 15.9 Å². The number of amides is 1. The van der Waals surface area contributed by atoms with Crippen LogP contribution in [-0.4, -0.2) is 41.5 Å². The zero-order chi connectivity index (χ0) is 16.8. The van der Waals surface area contributed by atoms with Gasteiger partial charge in [-0.1, -0.05) is 0 Å². The Hall–Kier alpha value is -2.49. The Morgan fingerprint density at radius 2 is 2.17 bits per heavy atom. The van der Waals surface area contributed by atoms with Gasteiger partial charge in [-0.25, -0.2) is 13.8 Å². The van der Waals surface area contributed by atoms with Crippen LogP contribution < -0.4 is 0 Å². The number of pyridine rings is 1. The summed E-state index contributed by atoms with van der Waals surface area (Å²) >= 11 is 1.29. The fourth-order valence-electron chi connectivity index (χ4n) is 2.76. The van der Waals surface area contributed by atoms with E-state index >= 15 is 0 Å². The summed E-state index contributed by atoms with van der Waals surface area (Å²) < 4.78 is 31.3. The smallest absolute Gasteiger partial charge is 0.297 e. The van der Waals surface area contributed by atoms with E-state index in [0.29, 0.717) is 17.9 Å². The van der Waals surface area contributed by atoms with Crippen molar-refractivity contribution in [2.24, 2.45) is 0 Å². The third-order valence-corrected chi connectivity index (χ3v) is 4.88. The van der Waals surface area contributed by atoms with Crippen LogP contribution in [0.3, 0.4) is 0 Å². The number of alkyl halides is 2. The van der Waals surface area contributed by atoms with Crippen LogP contribution >= 0.6 is 11.5 Å². The molecule has 24 heavy (non-hydrogen) atoms. The van der Waals surface area contributed by atoms with Crippen LogP contribution in [0.15, 0.2) is 12.3 Å². The first-order chi connectivity index (χ1) is 11.5. The largest absolute Gasteiger partial charge is 0.329 e. The Morgan fingerprint density at radius 1 is 1.33 bits per heavy atom. The monoisotopic (exact) mass is 350 g/mol. The third kappa shape index (κ3) is 2.33. The lowest BCUT2D eigenvalue weighted by molar-refractivity contribution is 0.0699. The molecule has 0 saturated heterocycles. The molecular formula is C14H12F2N6OS. The number of carbonyl (C=O) groups excluding carboxylic acids is 1. The lowest BCUT2D eigenvalue weighted by atomic mass is 10.2. The normalized spacial score (nSPS) is 14.4. The number of aryl methyl sites for hydroxylation is 1. The van der Waals surface area contributed by atoms with Crippen LogP contribution in [0.2, 0.25) is 0 Å². The molecule has 0 saturated carbocycles. The molecule has 1 amide bonds. The second-order valence-electron chi connectivity index (χ2n) is 5.50. The van der Waals surface area contributed by atoms with Crippen molar-refractivity contribution in [1.29, 1.82) is 0 Å². The second-order valence-corrected chi connectivity index (χ2v) is 6.25. The molecule has 0 fully saturated rings. The van der Waals surface area contributed by atoms with Gasteiger partial charge in [0.2, 0.25) is 0 Å². The molecule has 3 aromatic rings. The number of aromatic nitrogens is 5. The van der Waals surface area contributed by atoms with E-state index in [2.05, 4.69) is 19.6 Å². The van der Waals surface area contributed by atoms with Crippen LogP contribution in [-0.2, 0) is 13.1 Å². The number of hydrogen-bond donors (Lipinski definition) is 0. The zero-order valence-corrected chi connectivity index (χ0v) is 13.4. The molecule has 0 bridgehead atoms. The SMILES string of the molecule is Cc1nsc2ncc(C(=O)N3CCn4c(nnc4C(F)F)C3)cc12. The highest BCUT2D eigenvalue weighted by molar-refractivity contribution is 7.12. The zero-order valence-electron chi connectivity index (χ0n) is 12.6. The molecule has 4 heterocycles. The quantitative estimate of drug-likeness (QED) is 0.708. The van der Waals surface area contributed by atoms with Crippen molar-refractivity contribution in [2.45, 2.75) is 26.4 Å². The molecular weight excluding hydrogens is 338 g/mol. The molecule has 10 heteroatoms. The van der Waals surface area contributed by atoms with Crippen molar-refractivity contribution in [3.8, 4) is 0 Å². The Morgan fingerprint density at radius 3 is 2.96 bits per heavy atom. The van der Waals surface area contributed by atoms with Crippen molar-refractivity contribution in [2.75, 3.05) is 6.54 Å². The Labute approximate surface area is 139 Å². The van der Waals surface area contributed by atoms with E-state index in [1.165, 1.54) is 22.3 Å². The summed E-state index contributed by atoms with van der Waals surface area (Å²) in [6.07, 6.45) is -1.15. The molecule has 1 aliphatic rings. The molecule has 0 aromatic carbocycles. The van der Waals surface area contributed by atoms with Gasteiger partial charge in [-0.05, 0) is 24.5 Å². The number of halogens is 2. The van der Waals surface area contributed by atoms with Crippen molar-refractivity contribution in [3.05, 3.63) is 35.2 Å². The van der Waals surface area contributed by atoms with Gasteiger partial charge in [0.25, 0.3) is 12.3 Å². The summed E-state index contributed by atoms with van der Waals surface area (Å²) in [7, 11) is 0. The van der Waals surface area contributed by atoms with Gasteiger partial charge in [-0.15, -0.1) is 10.2 Å². The number of nitrogens with zero attached hydrogens (tertiary/aromatic N) is 6. The first-order valence-electron chi connectivity index (χ1n) is 7.26. The Balaban J connectivity index is 1.61. The van der Waals surface area contributed by atoms with Gasteiger partial charge in [0.1, 0.15) is 4.83 Å². The summed E-state index contributed by atoms with van der Waals surface area (Å²) in [5.74, 6) is -0.185. The average molecular weight is 350 g/mol.